The molecule has 0 radical (unpaired) electrons. The number of hydrogen-bond acceptors (Lipinski definition) is 6. The molecule has 0 unspecified atom stereocenters. The first kappa shape index (κ1) is 24.2. The van der Waals surface area contributed by atoms with Crippen LogP contribution in [0.1, 0.15) is 28.8 Å². The van der Waals surface area contributed by atoms with Crippen LogP contribution in [-0.2, 0) is 11.3 Å². The highest BCUT2D eigenvalue weighted by Gasteiger charge is 2.27. The summed E-state index contributed by atoms with van der Waals surface area (Å²) in [5.74, 6) is 1.31. The summed E-state index contributed by atoms with van der Waals surface area (Å²) in [7, 11) is 1.60. The first-order valence-corrected chi connectivity index (χ1v) is 12.6. The zero-order valence-electron chi connectivity index (χ0n) is 21.0. The van der Waals surface area contributed by atoms with Crippen molar-refractivity contribution in [1.82, 2.24) is 9.88 Å². The molecule has 1 fully saturated rings. The Balaban J connectivity index is 1.43. The van der Waals surface area contributed by atoms with Gasteiger partial charge in [0.25, 0.3) is 5.91 Å². The molecule has 2 aliphatic rings. The lowest BCUT2D eigenvalue weighted by molar-refractivity contribution is 0.0507. The van der Waals surface area contributed by atoms with Crippen LogP contribution in [0.15, 0.2) is 66.7 Å². The Morgan fingerprint density at radius 3 is 2.79 bits per heavy atom. The van der Waals surface area contributed by atoms with Gasteiger partial charge in [-0.05, 0) is 66.9 Å². The van der Waals surface area contributed by atoms with E-state index in [0.717, 1.165) is 29.4 Å². The second-order valence-electron chi connectivity index (χ2n) is 9.42. The number of benzene rings is 3. The number of halogens is 1. The van der Waals surface area contributed by atoms with Gasteiger partial charge in [0.05, 0.1) is 24.4 Å². The third-order valence-electron chi connectivity index (χ3n) is 6.94. The van der Waals surface area contributed by atoms with Crippen LogP contribution in [0.5, 0.6) is 17.2 Å². The Hall–Kier alpha value is -4.17. The average Bonchev–Trinajstić information content (AvgIpc) is 3.63. The van der Waals surface area contributed by atoms with Gasteiger partial charge in [-0.15, -0.1) is 0 Å². The number of hydrogen-bond donors (Lipinski definition) is 0. The summed E-state index contributed by atoms with van der Waals surface area (Å²) in [6, 6.07) is 19.3. The van der Waals surface area contributed by atoms with E-state index in [4.69, 9.17) is 23.9 Å². The second-order valence-corrected chi connectivity index (χ2v) is 9.42. The first-order valence-electron chi connectivity index (χ1n) is 12.6. The van der Waals surface area contributed by atoms with Gasteiger partial charge in [0, 0.05) is 42.3 Å². The van der Waals surface area contributed by atoms with E-state index in [9.17, 15) is 9.18 Å². The van der Waals surface area contributed by atoms with Crippen LogP contribution < -0.4 is 14.2 Å². The van der Waals surface area contributed by atoms with Gasteiger partial charge in [0.1, 0.15) is 11.6 Å². The molecule has 0 aliphatic carbocycles. The summed E-state index contributed by atoms with van der Waals surface area (Å²) in [6.07, 6.45) is 1.80. The van der Waals surface area contributed by atoms with Crippen LogP contribution in [0.25, 0.3) is 22.2 Å². The maximum atomic E-state index is 14.1. The van der Waals surface area contributed by atoms with Crippen LogP contribution in [0.4, 0.5) is 4.39 Å². The molecule has 1 atom stereocenters. The predicted molar refractivity (Wildman–Crippen MR) is 140 cm³/mol. The molecular weight excluding hydrogens is 487 g/mol. The van der Waals surface area contributed by atoms with Gasteiger partial charge in [-0.1, -0.05) is 12.1 Å². The number of pyridine rings is 1. The number of amides is 1. The molecule has 0 N–H and O–H groups in total. The first-order chi connectivity index (χ1) is 18.6. The van der Waals surface area contributed by atoms with Crippen molar-refractivity contribution >= 4 is 16.8 Å². The summed E-state index contributed by atoms with van der Waals surface area (Å²) in [5, 5.41) is 0.785. The number of methoxy groups -OCH3 is 1. The number of carbonyl (C=O) groups excluding carboxylic acids is 1. The third-order valence-corrected chi connectivity index (χ3v) is 6.94. The molecule has 38 heavy (non-hydrogen) atoms. The minimum atomic E-state index is -0.360. The number of fused-ring (bicyclic) bond motifs is 2. The highest BCUT2D eigenvalue weighted by molar-refractivity contribution is 5.95. The van der Waals surface area contributed by atoms with Gasteiger partial charge in [0.2, 0.25) is 6.79 Å². The minimum absolute atomic E-state index is 0.0508. The van der Waals surface area contributed by atoms with Crippen molar-refractivity contribution in [2.45, 2.75) is 25.5 Å². The van der Waals surface area contributed by atoms with E-state index in [2.05, 4.69) is 0 Å². The zero-order valence-corrected chi connectivity index (χ0v) is 21.0. The van der Waals surface area contributed by atoms with Gasteiger partial charge in [-0.25, -0.2) is 9.37 Å². The SMILES string of the molecule is COc1ccccc1-c1nc2cc(F)ccc2cc1CN(C[C@H]1CCCO1)C(=O)c1ccc2c(c1)OCO2. The Bertz CT molecular complexity index is 1500. The molecule has 1 saturated heterocycles. The summed E-state index contributed by atoms with van der Waals surface area (Å²) in [4.78, 5) is 20.5. The summed E-state index contributed by atoms with van der Waals surface area (Å²) in [6.45, 7) is 1.53. The number of nitrogens with zero attached hydrogens (tertiary/aromatic N) is 2. The molecule has 194 valence electrons. The molecule has 7 nitrogen and oxygen atoms in total. The number of aromatic nitrogens is 1. The average molecular weight is 515 g/mol. The maximum absolute atomic E-state index is 14.1. The molecule has 0 saturated carbocycles. The largest absolute Gasteiger partial charge is 0.496 e. The third kappa shape index (κ3) is 4.75. The van der Waals surface area contributed by atoms with Gasteiger partial charge in [-0.2, -0.15) is 0 Å². The van der Waals surface area contributed by atoms with Crippen LogP contribution in [-0.4, -0.2) is 48.9 Å². The van der Waals surface area contributed by atoms with Crippen LogP contribution in [0.3, 0.4) is 0 Å². The van der Waals surface area contributed by atoms with Crippen LogP contribution >= 0.6 is 0 Å². The molecule has 0 bridgehead atoms. The summed E-state index contributed by atoms with van der Waals surface area (Å²) < 4.78 is 36.5. The lowest BCUT2D eigenvalue weighted by Crippen LogP contribution is -2.37. The fraction of sp³-hybridized carbons (Fsp3) is 0.267. The van der Waals surface area contributed by atoms with Gasteiger partial charge in [-0.3, -0.25) is 4.79 Å². The molecule has 6 rings (SSSR count). The van der Waals surface area contributed by atoms with Crippen molar-refractivity contribution < 1.29 is 28.1 Å². The number of para-hydroxylation sites is 1. The van der Waals surface area contributed by atoms with Crippen molar-refractivity contribution in [2.24, 2.45) is 0 Å². The lowest BCUT2D eigenvalue weighted by Gasteiger charge is -2.27. The molecule has 8 heteroatoms. The molecule has 3 heterocycles. The van der Waals surface area contributed by atoms with Gasteiger partial charge < -0.3 is 23.8 Å². The minimum Gasteiger partial charge on any atom is -0.496 e. The van der Waals surface area contributed by atoms with Crippen LogP contribution in [0.2, 0.25) is 0 Å². The van der Waals surface area contributed by atoms with Crippen molar-refractivity contribution in [3.05, 3.63) is 83.7 Å². The van der Waals surface area contributed by atoms with E-state index >= 15 is 0 Å². The monoisotopic (exact) mass is 514 g/mol. The van der Waals surface area contributed by atoms with E-state index in [-0.39, 0.29) is 31.2 Å². The van der Waals surface area contributed by atoms with Crippen molar-refractivity contribution in [3.63, 3.8) is 0 Å². The van der Waals surface area contributed by atoms with E-state index < -0.39 is 0 Å². The quantitative estimate of drug-likeness (QED) is 0.320. The molecule has 1 amide bonds. The molecule has 0 spiro atoms. The summed E-state index contributed by atoms with van der Waals surface area (Å²) >= 11 is 0. The van der Waals surface area contributed by atoms with Crippen molar-refractivity contribution in [1.29, 1.82) is 0 Å². The fourth-order valence-corrected chi connectivity index (χ4v) is 5.05. The molecule has 1 aromatic heterocycles. The smallest absolute Gasteiger partial charge is 0.254 e. The van der Waals surface area contributed by atoms with Crippen LogP contribution in [0, 0.1) is 5.82 Å². The Morgan fingerprint density at radius 1 is 1.08 bits per heavy atom. The molecule has 4 aromatic rings. The zero-order chi connectivity index (χ0) is 26.1. The predicted octanol–water partition coefficient (Wildman–Crippen LogP) is 5.60. The van der Waals surface area contributed by atoms with E-state index in [1.165, 1.54) is 12.1 Å². The van der Waals surface area contributed by atoms with E-state index in [0.29, 0.717) is 47.2 Å². The number of rotatable bonds is 7. The second kappa shape index (κ2) is 10.3. The molecular formula is C30H27FN2O5. The fourth-order valence-electron chi connectivity index (χ4n) is 5.05. The number of carbonyl (C=O) groups is 1. The molecule has 3 aromatic carbocycles. The van der Waals surface area contributed by atoms with Crippen molar-refractivity contribution in [2.75, 3.05) is 27.1 Å². The molecule has 2 aliphatic heterocycles. The summed E-state index contributed by atoms with van der Waals surface area (Å²) in [5.41, 5.74) is 3.25. The Morgan fingerprint density at radius 2 is 1.95 bits per heavy atom. The number of ether oxygens (including phenoxy) is 4. The van der Waals surface area contributed by atoms with Crippen molar-refractivity contribution in [3.8, 4) is 28.5 Å². The Labute approximate surface area is 219 Å². The highest BCUT2D eigenvalue weighted by Crippen LogP contribution is 2.35. The van der Waals surface area contributed by atoms with Gasteiger partial charge >= 0.3 is 0 Å². The maximum Gasteiger partial charge on any atom is 0.254 e. The normalized spacial score (nSPS) is 16.1. The van der Waals surface area contributed by atoms with E-state index in [1.807, 2.05) is 30.3 Å². The highest BCUT2D eigenvalue weighted by atomic mass is 19.1. The van der Waals surface area contributed by atoms with Gasteiger partial charge in [0.15, 0.2) is 11.5 Å². The lowest BCUT2D eigenvalue weighted by atomic mass is 10.0. The Kier molecular flexibility index (Phi) is 6.55. The standard InChI is InChI=1S/C30H27FN2O5/c1-35-26-7-3-2-6-24(26)29-21(13-19-8-10-22(31)15-25(19)32-29)16-33(17-23-5-4-12-36-23)30(34)20-9-11-27-28(14-20)38-18-37-27/h2-3,6-11,13-15,23H,4-5,12,16-18H2,1H3/t23-/m1/s1. The van der Waals surface area contributed by atoms with E-state index in [1.54, 1.807) is 36.3 Å². The topological polar surface area (TPSA) is 70.1 Å².